The van der Waals surface area contributed by atoms with Crippen molar-refractivity contribution in [3.63, 3.8) is 0 Å². The maximum absolute atomic E-state index is 13.9. The highest BCUT2D eigenvalue weighted by Gasteiger charge is 2.26. The summed E-state index contributed by atoms with van der Waals surface area (Å²) in [5, 5.41) is 0.661. The van der Waals surface area contributed by atoms with Crippen molar-refractivity contribution in [3.05, 3.63) is 98.9 Å². The molecule has 0 atom stereocenters. The molecule has 33 heavy (non-hydrogen) atoms. The van der Waals surface area contributed by atoms with Crippen LogP contribution >= 0.6 is 23.2 Å². The van der Waals surface area contributed by atoms with E-state index < -0.39 is 5.97 Å². The fraction of sp³-hybridized carbons (Fsp3) is 0.120. The Labute approximate surface area is 200 Å². The molecule has 3 aromatic carbocycles. The summed E-state index contributed by atoms with van der Waals surface area (Å²) >= 11 is 12.6. The third-order valence-electron chi connectivity index (χ3n) is 4.69. The minimum atomic E-state index is -0.612. The lowest BCUT2D eigenvalue weighted by Gasteiger charge is -2.15. The molecule has 1 heterocycles. The van der Waals surface area contributed by atoms with E-state index in [4.69, 9.17) is 37.4 Å². The lowest BCUT2D eigenvalue weighted by Crippen LogP contribution is -2.05. The number of esters is 1. The van der Waals surface area contributed by atoms with Crippen LogP contribution in [0.2, 0.25) is 10.0 Å². The van der Waals surface area contributed by atoms with Gasteiger partial charge in [0.05, 0.1) is 22.2 Å². The molecule has 0 radical (unpaired) electrons. The molecule has 1 aliphatic heterocycles. The minimum Gasteiger partial charge on any atom is -0.490 e. The van der Waals surface area contributed by atoms with Crippen molar-refractivity contribution in [3.8, 4) is 11.5 Å². The van der Waals surface area contributed by atoms with Crippen LogP contribution in [0.15, 0.2) is 71.4 Å². The summed E-state index contributed by atoms with van der Waals surface area (Å²) in [4.78, 5) is 16.6. The second kappa shape index (κ2) is 10.1. The van der Waals surface area contributed by atoms with Crippen LogP contribution in [-0.2, 0) is 16.1 Å². The molecule has 3 aromatic rings. The largest absolute Gasteiger partial charge is 0.490 e. The molecule has 0 aromatic heterocycles. The summed E-state index contributed by atoms with van der Waals surface area (Å²) in [6.07, 6.45) is 1.53. The van der Waals surface area contributed by atoms with Crippen LogP contribution in [-0.4, -0.2) is 18.5 Å². The zero-order chi connectivity index (χ0) is 23.4. The summed E-state index contributed by atoms with van der Waals surface area (Å²) in [5.41, 5.74) is 1.54. The molecule has 0 bridgehead atoms. The average molecular weight is 486 g/mol. The van der Waals surface area contributed by atoms with Crippen LogP contribution in [0.25, 0.3) is 6.08 Å². The summed E-state index contributed by atoms with van der Waals surface area (Å²) in [6, 6.07) is 16.5. The number of rotatable bonds is 7. The summed E-state index contributed by atoms with van der Waals surface area (Å²) < 4.78 is 30.7. The van der Waals surface area contributed by atoms with Crippen LogP contribution in [0, 0.1) is 5.82 Å². The van der Waals surface area contributed by atoms with Crippen LogP contribution in [0.3, 0.4) is 0 Å². The first-order valence-corrected chi connectivity index (χ1v) is 10.8. The molecule has 0 amide bonds. The van der Waals surface area contributed by atoms with Crippen LogP contribution < -0.4 is 9.47 Å². The number of carbonyl (C=O) groups is 1. The van der Waals surface area contributed by atoms with Gasteiger partial charge in [0.2, 0.25) is 5.90 Å². The lowest BCUT2D eigenvalue weighted by molar-refractivity contribution is -0.129. The first kappa shape index (κ1) is 22.8. The molecule has 0 spiro atoms. The summed E-state index contributed by atoms with van der Waals surface area (Å²) in [5.74, 6) is -0.232. The van der Waals surface area contributed by atoms with Gasteiger partial charge in [-0.3, -0.25) is 0 Å². The van der Waals surface area contributed by atoms with Gasteiger partial charge in [0, 0.05) is 5.56 Å². The van der Waals surface area contributed by atoms with Gasteiger partial charge in [-0.1, -0.05) is 53.5 Å². The molecule has 0 saturated carbocycles. The van der Waals surface area contributed by atoms with Gasteiger partial charge in [-0.2, -0.15) is 0 Å². The van der Waals surface area contributed by atoms with Crippen molar-refractivity contribution in [1.29, 1.82) is 0 Å². The Kier molecular flexibility index (Phi) is 6.96. The van der Waals surface area contributed by atoms with Crippen molar-refractivity contribution >= 4 is 41.1 Å². The molecule has 0 unspecified atom stereocenters. The van der Waals surface area contributed by atoms with E-state index in [1.54, 1.807) is 54.6 Å². The van der Waals surface area contributed by atoms with Crippen LogP contribution in [0.5, 0.6) is 11.5 Å². The van der Waals surface area contributed by atoms with Gasteiger partial charge < -0.3 is 14.2 Å². The molecule has 1 aliphatic rings. The highest BCUT2D eigenvalue weighted by molar-refractivity contribution is 6.34. The number of hydrogen-bond donors (Lipinski definition) is 0. The predicted octanol–water partition coefficient (Wildman–Crippen LogP) is 6.45. The Balaban J connectivity index is 1.63. The number of halogens is 3. The molecule has 4 rings (SSSR count). The van der Waals surface area contributed by atoms with Gasteiger partial charge in [-0.05, 0) is 48.9 Å². The number of carbonyl (C=O) groups excluding carboxylic acids is 1. The van der Waals surface area contributed by atoms with Crippen molar-refractivity contribution < 1.29 is 23.4 Å². The second-order valence-corrected chi connectivity index (χ2v) is 7.77. The van der Waals surface area contributed by atoms with Crippen molar-refractivity contribution in [2.45, 2.75) is 13.5 Å². The fourth-order valence-electron chi connectivity index (χ4n) is 3.16. The van der Waals surface area contributed by atoms with Crippen LogP contribution in [0.1, 0.15) is 23.6 Å². The molecule has 8 heteroatoms. The van der Waals surface area contributed by atoms with Crippen molar-refractivity contribution in [2.24, 2.45) is 4.99 Å². The molecule has 0 aliphatic carbocycles. The Morgan fingerprint density at radius 2 is 1.79 bits per heavy atom. The van der Waals surface area contributed by atoms with Gasteiger partial charge in [0.1, 0.15) is 12.4 Å². The zero-order valence-corrected chi connectivity index (χ0v) is 19.0. The Morgan fingerprint density at radius 1 is 1.03 bits per heavy atom. The second-order valence-electron chi connectivity index (χ2n) is 6.96. The van der Waals surface area contributed by atoms with E-state index in [1.165, 1.54) is 12.1 Å². The number of cyclic esters (lactones) is 1. The molecule has 0 N–H and O–H groups in total. The molecule has 0 fully saturated rings. The van der Waals surface area contributed by atoms with Gasteiger partial charge in [0.25, 0.3) is 0 Å². The smallest absolute Gasteiger partial charge is 0.363 e. The first-order valence-electron chi connectivity index (χ1n) is 10.1. The highest BCUT2D eigenvalue weighted by Crippen LogP contribution is 2.38. The third kappa shape index (κ3) is 5.18. The van der Waals surface area contributed by atoms with Crippen molar-refractivity contribution in [1.82, 2.24) is 0 Å². The Morgan fingerprint density at radius 3 is 2.55 bits per heavy atom. The van der Waals surface area contributed by atoms with E-state index in [0.29, 0.717) is 34.1 Å². The predicted molar refractivity (Wildman–Crippen MR) is 125 cm³/mol. The lowest BCUT2D eigenvalue weighted by atomic mass is 10.1. The number of benzene rings is 3. The Hall–Kier alpha value is -3.35. The SMILES string of the molecule is CCOc1cc(/C=C2\N=C(c3ccccc3Cl)OC2=O)cc(Cl)c1OCc1ccccc1F. The van der Waals surface area contributed by atoms with E-state index in [-0.39, 0.29) is 34.8 Å². The number of aliphatic imine (C=N–C) groups is 1. The van der Waals surface area contributed by atoms with Crippen LogP contribution in [0.4, 0.5) is 4.39 Å². The number of hydrogen-bond acceptors (Lipinski definition) is 5. The number of nitrogens with zero attached hydrogens (tertiary/aromatic N) is 1. The molecular weight excluding hydrogens is 468 g/mol. The van der Waals surface area contributed by atoms with Gasteiger partial charge >= 0.3 is 5.97 Å². The quantitative estimate of drug-likeness (QED) is 0.284. The monoisotopic (exact) mass is 485 g/mol. The average Bonchev–Trinajstić information content (AvgIpc) is 3.14. The molecule has 168 valence electrons. The zero-order valence-electron chi connectivity index (χ0n) is 17.5. The molecule has 5 nitrogen and oxygen atoms in total. The normalized spacial score (nSPS) is 14.2. The maximum atomic E-state index is 13.9. The van der Waals surface area contributed by atoms with Gasteiger partial charge in [-0.25, -0.2) is 14.2 Å². The van der Waals surface area contributed by atoms with E-state index >= 15 is 0 Å². The van der Waals surface area contributed by atoms with E-state index in [0.717, 1.165) is 0 Å². The first-order chi connectivity index (χ1) is 16.0. The van der Waals surface area contributed by atoms with E-state index in [2.05, 4.69) is 4.99 Å². The van der Waals surface area contributed by atoms with Gasteiger partial charge in [-0.15, -0.1) is 0 Å². The minimum absolute atomic E-state index is 0.0231. The van der Waals surface area contributed by atoms with Gasteiger partial charge in [0.15, 0.2) is 17.2 Å². The van der Waals surface area contributed by atoms with Crippen molar-refractivity contribution in [2.75, 3.05) is 6.61 Å². The number of ether oxygens (including phenoxy) is 3. The maximum Gasteiger partial charge on any atom is 0.363 e. The van der Waals surface area contributed by atoms with E-state index in [9.17, 15) is 9.18 Å². The molecular formula is C25H18Cl2FNO4. The molecule has 0 saturated heterocycles. The highest BCUT2D eigenvalue weighted by atomic mass is 35.5. The topological polar surface area (TPSA) is 57.1 Å². The van der Waals surface area contributed by atoms with E-state index in [1.807, 2.05) is 6.92 Å². The fourth-order valence-corrected chi connectivity index (χ4v) is 3.65. The Bertz CT molecular complexity index is 1270. The summed E-state index contributed by atoms with van der Waals surface area (Å²) in [7, 11) is 0. The standard InChI is InChI=1S/C25H18Cl2FNO4/c1-2-31-22-13-15(11-19(27)23(22)32-14-16-7-3-6-10-20(16)28)12-21-25(30)33-24(29-21)17-8-4-5-9-18(17)26/h3-13H,2,14H2,1H3/b21-12-. The third-order valence-corrected chi connectivity index (χ3v) is 5.30. The summed E-state index contributed by atoms with van der Waals surface area (Å²) in [6.45, 7) is 2.14.